The van der Waals surface area contributed by atoms with Gasteiger partial charge in [0.05, 0.1) is 35.8 Å². The number of thioether (sulfide) groups is 1. The summed E-state index contributed by atoms with van der Waals surface area (Å²) in [6.45, 7) is 1.61. The fraction of sp³-hybridized carbons (Fsp3) is 0.237. The highest BCUT2D eigenvalue weighted by atomic mass is 35.5. The first kappa shape index (κ1) is 41.1. The molecule has 1 aliphatic heterocycles. The molecule has 6 rings (SSSR count). The zero-order valence-corrected chi connectivity index (χ0v) is 33.8. The Morgan fingerprint density at radius 3 is 2.42 bits per heavy atom. The van der Waals surface area contributed by atoms with Crippen LogP contribution in [0.2, 0.25) is 15.1 Å². The number of fused-ring (bicyclic) bond motifs is 1. The monoisotopic (exact) mass is 854 g/mol. The van der Waals surface area contributed by atoms with Crippen LogP contribution in [-0.4, -0.2) is 66.9 Å². The SMILES string of the molecule is CCCCOC(=O)c1cc(NC(=O)CN2C(=O)SC(=Cc3ccc(Oc4nc5c(c(=O)n(C)c(=O)n5C)n4Cc4ccc(Cl)cc4Cl)c(OC)c3)C2=O)ccc1Cl. The maximum atomic E-state index is 13.4. The number of amides is 3. The Hall–Kier alpha value is -5.55. The lowest BCUT2D eigenvalue weighted by Gasteiger charge is -2.14. The Morgan fingerprint density at radius 1 is 0.930 bits per heavy atom. The first-order chi connectivity index (χ1) is 27.2. The van der Waals surface area contributed by atoms with Crippen LogP contribution in [0.1, 0.15) is 41.3 Å². The third kappa shape index (κ3) is 8.73. The normalized spacial score (nSPS) is 13.5. The van der Waals surface area contributed by atoms with Gasteiger partial charge in [-0.3, -0.25) is 37.8 Å². The van der Waals surface area contributed by atoms with Gasteiger partial charge in [-0.2, -0.15) is 4.98 Å². The molecule has 2 aromatic heterocycles. The van der Waals surface area contributed by atoms with Crippen LogP contribution in [0.4, 0.5) is 10.5 Å². The van der Waals surface area contributed by atoms with E-state index in [1.54, 1.807) is 36.4 Å². The van der Waals surface area contributed by atoms with E-state index in [1.165, 1.54) is 54.6 Å². The molecule has 296 valence electrons. The molecule has 1 N–H and O–H groups in total. The van der Waals surface area contributed by atoms with Gasteiger partial charge in [0, 0.05) is 29.8 Å². The van der Waals surface area contributed by atoms with Crippen molar-refractivity contribution in [2.24, 2.45) is 14.1 Å². The number of nitrogens with zero attached hydrogens (tertiary/aromatic N) is 5. The second-order valence-electron chi connectivity index (χ2n) is 12.6. The van der Waals surface area contributed by atoms with Crippen molar-refractivity contribution in [2.75, 3.05) is 25.6 Å². The summed E-state index contributed by atoms with van der Waals surface area (Å²) < 4.78 is 20.7. The van der Waals surface area contributed by atoms with Gasteiger partial charge in [-0.1, -0.05) is 60.3 Å². The molecule has 1 saturated heterocycles. The lowest BCUT2D eigenvalue weighted by molar-refractivity contribution is -0.127. The summed E-state index contributed by atoms with van der Waals surface area (Å²) in [7, 11) is 4.23. The van der Waals surface area contributed by atoms with Crippen molar-refractivity contribution in [3.8, 4) is 17.5 Å². The van der Waals surface area contributed by atoms with Crippen molar-refractivity contribution in [3.63, 3.8) is 0 Å². The number of hydrogen-bond acceptors (Lipinski definition) is 11. The standard InChI is InChI=1S/C38H33Cl3N6O9S/c1-5-6-13-55-35(51)24-17-23(10-11-25(24)40)42-30(48)19-47-33(49)29(57-38(47)53)15-20-7-12-27(28(14-20)54-4)56-36-43-32-31(34(50)45(3)37(52)44(32)2)46(36)18-21-8-9-22(39)16-26(21)41/h7-12,14-17H,5-6,13,18-19H2,1-4H3,(H,42,48). The van der Waals surface area contributed by atoms with E-state index in [0.717, 1.165) is 15.9 Å². The Bertz CT molecular complexity index is 2620. The quantitative estimate of drug-likeness (QED) is 0.0744. The van der Waals surface area contributed by atoms with Gasteiger partial charge in [0.25, 0.3) is 16.7 Å². The van der Waals surface area contributed by atoms with Crippen LogP contribution in [0, 0.1) is 0 Å². The third-order valence-corrected chi connectivity index (χ3v) is 10.5. The lowest BCUT2D eigenvalue weighted by Crippen LogP contribution is -2.37. The van der Waals surface area contributed by atoms with E-state index >= 15 is 0 Å². The molecule has 1 fully saturated rings. The van der Waals surface area contributed by atoms with Gasteiger partial charge in [-0.05, 0) is 77.9 Å². The number of methoxy groups -OCH3 is 1. The molecule has 15 nitrogen and oxygen atoms in total. The molecule has 0 aliphatic carbocycles. The number of esters is 1. The van der Waals surface area contributed by atoms with Crippen molar-refractivity contribution in [3.05, 3.63) is 112 Å². The van der Waals surface area contributed by atoms with E-state index in [2.05, 4.69) is 10.3 Å². The molecule has 0 atom stereocenters. The number of halogens is 3. The number of rotatable bonds is 13. The number of nitrogens with one attached hydrogen (secondary N) is 1. The van der Waals surface area contributed by atoms with E-state index in [1.807, 2.05) is 6.92 Å². The van der Waals surface area contributed by atoms with Crippen LogP contribution < -0.4 is 26.0 Å². The first-order valence-corrected chi connectivity index (χ1v) is 19.1. The van der Waals surface area contributed by atoms with E-state index in [4.69, 9.17) is 49.0 Å². The van der Waals surface area contributed by atoms with Crippen molar-refractivity contribution in [1.29, 1.82) is 0 Å². The van der Waals surface area contributed by atoms with Crippen molar-refractivity contribution in [1.82, 2.24) is 23.6 Å². The summed E-state index contributed by atoms with van der Waals surface area (Å²) in [5.74, 6) is -1.66. The van der Waals surface area contributed by atoms with Gasteiger partial charge < -0.3 is 19.5 Å². The Labute approximate surface area is 343 Å². The number of carbonyl (C=O) groups excluding carboxylic acids is 4. The molecule has 1 aliphatic rings. The number of ether oxygens (including phenoxy) is 3. The topological polar surface area (TPSA) is 173 Å². The molecule has 0 unspecified atom stereocenters. The summed E-state index contributed by atoms with van der Waals surface area (Å²) in [5, 5.41) is 2.81. The largest absolute Gasteiger partial charge is 0.493 e. The molecule has 5 aromatic rings. The van der Waals surface area contributed by atoms with E-state index in [0.29, 0.717) is 39.4 Å². The van der Waals surface area contributed by atoms with Crippen LogP contribution in [-0.2, 0) is 35.0 Å². The Kier molecular flexibility index (Phi) is 12.5. The van der Waals surface area contributed by atoms with Gasteiger partial charge in [0.1, 0.15) is 6.54 Å². The summed E-state index contributed by atoms with van der Waals surface area (Å²) in [6, 6.07) is 13.8. The Morgan fingerprint density at radius 2 is 1.70 bits per heavy atom. The van der Waals surface area contributed by atoms with Crippen LogP contribution in [0.3, 0.4) is 0 Å². The minimum Gasteiger partial charge on any atom is -0.493 e. The predicted octanol–water partition coefficient (Wildman–Crippen LogP) is 6.88. The zero-order chi connectivity index (χ0) is 41.1. The van der Waals surface area contributed by atoms with Gasteiger partial charge in [-0.15, -0.1) is 0 Å². The van der Waals surface area contributed by atoms with E-state index in [9.17, 15) is 28.8 Å². The van der Waals surface area contributed by atoms with Crippen molar-refractivity contribution < 1.29 is 33.4 Å². The van der Waals surface area contributed by atoms with Gasteiger partial charge in [0.2, 0.25) is 5.91 Å². The average Bonchev–Trinajstić information content (AvgIpc) is 3.66. The molecule has 0 saturated carbocycles. The fourth-order valence-corrected chi connectivity index (χ4v) is 7.21. The highest BCUT2D eigenvalue weighted by Crippen LogP contribution is 2.37. The van der Waals surface area contributed by atoms with E-state index < -0.39 is 40.8 Å². The number of aryl methyl sites for hydroxylation is 1. The van der Waals surface area contributed by atoms with Gasteiger partial charge >= 0.3 is 17.7 Å². The highest BCUT2D eigenvalue weighted by molar-refractivity contribution is 8.18. The molecule has 3 amide bonds. The molecule has 19 heteroatoms. The minimum absolute atomic E-state index is 0.0260. The number of unbranched alkanes of at least 4 members (excludes halogenated alkanes) is 1. The third-order valence-electron chi connectivity index (χ3n) is 8.72. The number of imidazole rings is 1. The van der Waals surface area contributed by atoms with E-state index in [-0.39, 0.29) is 63.0 Å². The summed E-state index contributed by atoms with van der Waals surface area (Å²) in [4.78, 5) is 83.1. The fourth-order valence-electron chi connectivity index (χ4n) is 5.71. The number of anilines is 1. The molecule has 3 heterocycles. The highest BCUT2D eigenvalue weighted by Gasteiger charge is 2.36. The zero-order valence-electron chi connectivity index (χ0n) is 30.8. The lowest BCUT2D eigenvalue weighted by atomic mass is 10.2. The molecular weight excluding hydrogens is 823 g/mol. The first-order valence-electron chi connectivity index (χ1n) is 17.2. The molecule has 0 bridgehead atoms. The van der Waals surface area contributed by atoms with Gasteiger partial charge in [-0.25, -0.2) is 9.59 Å². The van der Waals surface area contributed by atoms with Crippen molar-refractivity contribution in [2.45, 2.75) is 26.3 Å². The van der Waals surface area contributed by atoms with Crippen molar-refractivity contribution >= 4 is 92.5 Å². The second kappa shape index (κ2) is 17.3. The minimum atomic E-state index is -0.697. The number of aromatic nitrogens is 4. The summed E-state index contributed by atoms with van der Waals surface area (Å²) in [5.41, 5.74) is 0.292. The smallest absolute Gasteiger partial charge is 0.339 e. The molecule has 57 heavy (non-hydrogen) atoms. The number of hydrogen-bond donors (Lipinski definition) is 1. The summed E-state index contributed by atoms with van der Waals surface area (Å²) >= 11 is 19.4. The van der Waals surface area contributed by atoms with Gasteiger partial charge in [0.15, 0.2) is 22.7 Å². The average molecular weight is 856 g/mol. The number of carbonyl (C=O) groups is 4. The number of imide groups is 1. The molecular formula is C38H33Cl3N6O9S. The van der Waals surface area contributed by atoms with Crippen LogP contribution in [0.5, 0.6) is 17.5 Å². The molecule has 0 spiro atoms. The predicted molar refractivity (Wildman–Crippen MR) is 217 cm³/mol. The maximum Gasteiger partial charge on any atom is 0.339 e. The Balaban J connectivity index is 1.22. The maximum absolute atomic E-state index is 13.4. The summed E-state index contributed by atoms with van der Waals surface area (Å²) in [6.07, 6.45) is 2.98. The molecule has 0 radical (unpaired) electrons. The number of benzene rings is 3. The van der Waals surface area contributed by atoms with Crippen LogP contribution in [0.15, 0.2) is 69.1 Å². The molecule has 3 aromatic carbocycles. The van der Waals surface area contributed by atoms with Crippen LogP contribution >= 0.6 is 46.6 Å². The van der Waals surface area contributed by atoms with Crippen LogP contribution in [0.25, 0.3) is 17.2 Å². The second-order valence-corrected chi connectivity index (χ2v) is 14.9.